The second-order valence-corrected chi connectivity index (χ2v) is 8.52. The van der Waals surface area contributed by atoms with Gasteiger partial charge in [0.25, 0.3) is 0 Å². The fraction of sp³-hybridized carbons (Fsp3) is 0.350. The number of thiophene rings is 1. The zero-order valence-electron chi connectivity index (χ0n) is 16.0. The van der Waals surface area contributed by atoms with Crippen LogP contribution in [0, 0.1) is 6.92 Å². The van der Waals surface area contributed by atoms with Gasteiger partial charge in [-0.3, -0.25) is 9.36 Å². The van der Waals surface area contributed by atoms with Crippen LogP contribution in [0.1, 0.15) is 37.3 Å². The average molecular weight is 401 g/mol. The maximum atomic E-state index is 12.4. The van der Waals surface area contributed by atoms with Gasteiger partial charge in [-0.1, -0.05) is 36.9 Å². The van der Waals surface area contributed by atoms with Crippen molar-refractivity contribution < 1.29 is 4.79 Å². The number of carbonyl (C=O) groups is 1. The number of thioether (sulfide) groups is 1. The van der Waals surface area contributed by atoms with Gasteiger partial charge in [0.1, 0.15) is 0 Å². The van der Waals surface area contributed by atoms with Gasteiger partial charge in [0.05, 0.1) is 5.75 Å². The highest BCUT2D eigenvalue weighted by molar-refractivity contribution is 7.99. The molecule has 7 heteroatoms. The molecular weight excluding hydrogens is 376 g/mol. The predicted molar refractivity (Wildman–Crippen MR) is 114 cm³/mol. The first-order valence-corrected chi connectivity index (χ1v) is 10.9. The molecule has 0 spiro atoms. The molecule has 0 aliphatic carbocycles. The molecule has 2 heterocycles. The Bertz CT molecular complexity index is 930. The Kier molecular flexibility index (Phi) is 6.34. The molecule has 0 bridgehead atoms. The first-order chi connectivity index (χ1) is 13.0. The van der Waals surface area contributed by atoms with Crippen molar-refractivity contribution in [2.75, 3.05) is 11.1 Å². The molecule has 0 fully saturated rings. The topological polar surface area (TPSA) is 59.8 Å². The summed E-state index contributed by atoms with van der Waals surface area (Å²) in [5.41, 5.74) is 2.99. The van der Waals surface area contributed by atoms with E-state index in [1.165, 1.54) is 16.6 Å². The standard InChI is InChI=1S/C20H24N4OS2/c1-5-16-10-15(11-26-16)19-22-23-20(24(19)13(2)3)27-12-18(25)21-17-9-7-6-8-14(17)4/h6-11,13H,5,12H2,1-4H3,(H,21,25). The van der Waals surface area contributed by atoms with E-state index in [1.54, 1.807) is 11.3 Å². The average Bonchev–Trinajstić information content (AvgIpc) is 3.28. The number of anilines is 1. The second kappa shape index (κ2) is 8.71. The minimum Gasteiger partial charge on any atom is -0.325 e. The number of carbonyl (C=O) groups excluding carboxylic acids is 1. The lowest BCUT2D eigenvalue weighted by atomic mass is 10.2. The van der Waals surface area contributed by atoms with Gasteiger partial charge in [0.15, 0.2) is 11.0 Å². The molecule has 1 N–H and O–H groups in total. The molecule has 2 aromatic heterocycles. The van der Waals surface area contributed by atoms with E-state index in [2.05, 4.69) is 52.3 Å². The van der Waals surface area contributed by atoms with Gasteiger partial charge < -0.3 is 5.32 Å². The molecular formula is C20H24N4OS2. The van der Waals surface area contributed by atoms with Crippen molar-refractivity contribution in [3.8, 4) is 11.4 Å². The monoisotopic (exact) mass is 400 g/mol. The number of rotatable bonds is 7. The lowest BCUT2D eigenvalue weighted by Crippen LogP contribution is -2.15. The highest BCUT2D eigenvalue weighted by Gasteiger charge is 2.18. The SMILES string of the molecule is CCc1cc(-c2nnc(SCC(=O)Nc3ccccc3C)n2C(C)C)cs1. The zero-order valence-corrected chi connectivity index (χ0v) is 17.7. The van der Waals surface area contributed by atoms with E-state index in [1.807, 2.05) is 31.2 Å². The van der Waals surface area contributed by atoms with Gasteiger partial charge in [-0.25, -0.2) is 0 Å². The van der Waals surface area contributed by atoms with Gasteiger partial charge in [-0.15, -0.1) is 21.5 Å². The molecule has 3 aromatic rings. The molecule has 142 valence electrons. The Labute approximate surface area is 168 Å². The van der Waals surface area contributed by atoms with E-state index in [9.17, 15) is 4.79 Å². The van der Waals surface area contributed by atoms with Crippen molar-refractivity contribution in [3.05, 3.63) is 46.2 Å². The van der Waals surface area contributed by atoms with Crippen LogP contribution in [-0.4, -0.2) is 26.4 Å². The number of hydrogen-bond donors (Lipinski definition) is 1. The maximum absolute atomic E-state index is 12.4. The van der Waals surface area contributed by atoms with E-state index in [-0.39, 0.29) is 11.9 Å². The summed E-state index contributed by atoms with van der Waals surface area (Å²) in [6, 6.07) is 10.2. The van der Waals surface area contributed by atoms with Crippen LogP contribution in [0.5, 0.6) is 0 Å². The number of hydrogen-bond acceptors (Lipinski definition) is 5. The first kappa shape index (κ1) is 19.6. The van der Waals surface area contributed by atoms with Gasteiger partial charge >= 0.3 is 0 Å². The van der Waals surface area contributed by atoms with Crippen molar-refractivity contribution in [2.24, 2.45) is 0 Å². The summed E-state index contributed by atoms with van der Waals surface area (Å²) in [6.07, 6.45) is 1.02. The molecule has 0 saturated carbocycles. The summed E-state index contributed by atoms with van der Waals surface area (Å²) in [5.74, 6) is 1.11. The van der Waals surface area contributed by atoms with Crippen LogP contribution >= 0.6 is 23.1 Å². The van der Waals surface area contributed by atoms with E-state index < -0.39 is 0 Å². The third kappa shape index (κ3) is 4.59. The normalized spacial score (nSPS) is 11.1. The van der Waals surface area contributed by atoms with Crippen LogP contribution in [0.3, 0.4) is 0 Å². The fourth-order valence-electron chi connectivity index (χ4n) is 2.75. The minimum atomic E-state index is -0.0436. The molecule has 3 rings (SSSR count). The van der Waals surface area contributed by atoms with Gasteiger partial charge in [0, 0.05) is 27.5 Å². The highest BCUT2D eigenvalue weighted by atomic mass is 32.2. The Morgan fingerprint density at radius 3 is 2.74 bits per heavy atom. The molecule has 0 saturated heterocycles. The quantitative estimate of drug-likeness (QED) is 0.555. The van der Waals surface area contributed by atoms with Crippen molar-refractivity contribution >= 4 is 34.7 Å². The number of aryl methyl sites for hydroxylation is 2. The summed E-state index contributed by atoms with van der Waals surface area (Å²) in [7, 11) is 0. The van der Waals surface area contributed by atoms with E-state index in [0.717, 1.165) is 34.2 Å². The molecule has 0 unspecified atom stereocenters. The number of nitrogens with zero attached hydrogens (tertiary/aromatic N) is 3. The van der Waals surface area contributed by atoms with E-state index >= 15 is 0 Å². The lowest BCUT2D eigenvalue weighted by Gasteiger charge is -2.13. The molecule has 0 aliphatic rings. The molecule has 0 atom stereocenters. The van der Waals surface area contributed by atoms with Crippen molar-refractivity contribution in [1.82, 2.24) is 14.8 Å². The van der Waals surface area contributed by atoms with Crippen LogP contribution in [-0.2, 0) is 11.2 Å². The van der Waals surface area contributed by atoms with Crippen molar-refractivity contribution in [3.63, 3.8) is 0 Å². The molecule has 0 aliphatic heterocycles. The van der Waals surface area contributed by atoms with Crippen LogP contribution < -0.4 is 5.32 Å². The Balaban J connectivity index is 1.73. The zero-order chi connectivity index (χ0) is 19.4. The maximum Gasteiger partial charge on any atom is 0.234 e. The van der Waals surface area contributed by atoms with Gasteiger partial charge in [0.2, 0.25) is 5.91 Å². The van der Waals surface area contributed by atoms with Crippen molar-refractivity contribution in [2.45, 2.75) is 45.3 Å². The minimum absolute atomic E-state index is 0.0436. The Hall–Kier alpha value is -2.12. The molecule has 1 aromatic carbocycles. The lowest BCUT2D eigenvalue weighted by molar-refractivity contribution is -0.113. The smallest absolute Gasteiger partial charge is 0.234 e. The Morgan fingerprint density at radius 2 is 2.07 bits per heavy atom. The molecule has 27 heavy (non-hydrogen) atoms. The molecule has 0 radical (unpaired) electrons. The highest BCUT2D eigenvalue weighted by Crippen LogP contribution is 2.30. The number of nitrogens with one attached hydrogen (secondary N) is 1. The van der Waals surface area contributed by atoms with Crippen LogP contribution in [0.15, 0.2) is 40.9 Å². The number of amides is 1. The third-order valence-corrected chi connectivity index (χ3v) is 6.22. The molecule has 1 amide bonds. The van der Waals surface area contributed by atoms with E-state index in [4.69, 9.17) is 0 Å². The summed E-state index contributed by atoms with van der Waals surface area (Å²) in [5, 5.41) is 14.6. The van der Waals surface area contributed by atoms with E-state index in [0.29, 0.717) is 5.75 Å². The van der Waals surface area contributed by atoms with Crippen LogP contribution in [0.25, 0.3) is 11.4 Å². The molecule has 5 nitrogen and oxygen atoms in total. The summed E-state index contributed by atoms with van der Waals surface area (Å²) in [6.45, 7) is 8.35. The largest absolute Gasteiger partial charge is 0.325 e. The Morgan fingerprint density at radius 1 is 1.30 bits per heavy atom. The summed E-state index contributed by atoms with van der Waals surface area (Å²) >= 11 is 3.16. The van der Waals surface area contributed by atoms with Crippen LogP contribution in [0.2, 0.25) is 0 Å². The number of para-hydroxylation sites is 1. The third-order valence-electron chi connectivity index (χ3n) is 4.19. The van der Waals surface area contributed by atoms with Gasteiger partial charge in [-0.2, -0.15) is 0 Å². The number of aromatic nitrogens is 3. The summed E-state index contributed by atoms with van der Waals surface area (Å²) in [4.78, 5) is 13.7. The fourth-order valence-corrected chi connectivity index (χ4v) is 4.43. The summed E-state index contributed by atoms with van der Waals surface area (Å²) < 4.78 is 2.10. The second-order valence-electron chi connectivity index (χ2n) is 6.58. The van der Waals surface area contributed by atoms with Gasteiger partial charge in [-0.05, 0) is 44.9 Å². The number of benzene rings is 1. The first-order valence-electron chi connectivity index (χ1n) is 9.00. The van der Waals surface area contributed by atoms with Crippen molar-refractivity contribution in [1.29, 1.82) is 0 Å². The van der Waals surface area contributed by atoms with Crippen LogP contribution in [0.4, 0.5) is 5.69 Å². The predicted octanol–water partition coefficient (Wildman–Crippen LogP) is 5.19.